The Hall–Kier alpha value is -2.81. The van der Waals surface area contributed by atoms with Crippen LogP contribution in [0.4, 0.5) is 20.3 Å². The van der Waals surface area contributed by atoms with Crippen LogP contribution in [0.1, 0.15) is 23.8 Å². The van der Waals surface area contributed by atoms with Gasteiger partial charge in [0, 0.05) is 11.8 Å². The van der Waals surface area contributed by atoms with E-state index in [1.54, 1.807) is 6.92 Å². The third-order valence-electron chi connectivity index (χ3n) is 3.92. The molecule has 0 amide bonds. The number of benzene rings is 1. The van der Waals surface area contributed by atoms with Crippen molar-refractivity contribution in [2.45, 2.75) is 27.0 Å². The molecule has 0 unspecified atom stereocenters. The number of nitrogens with two attached hydrogens (primary N) is 1. The number of nitrogens with one attached hydrogen (secondary N) is 1. The number of nitrogens with zero attached hydrogens (tertiary/aromatic N) is 5. The summed E-state index contributed by atoms with van der Waals surface area (Å²) in [5.41, 5.74) is 4.72. The van der Waals surface area contributed by atoms with E-state index in [-0.39, 0.29) is 38.4 Å². The maximum Gasteiger partial charge on any atom is 0.355 e. The summed E-state index contributed by atoms with van der Waals surface area (Å²) >= 11 is 11.8. The van der Waals surface area contributed by atoms with E-state index in [2.05, 4.69) is 19.8 Å². The lowest BCUT2D eigenvalue weighted by molar-refractivity contribution is 0.0640. The molecular weight excluding hydrogens is 507 g/mol. The standard InChI is InChI=1S/C11H10Cl2F2N4O3S.C6H9N3O/c1-5-16-19(11(20)18(5)10(14)15)9-4-8(17-23(2,21)22)6(12)3-7(9)13;1-4-8-2-5(3-10)6(7)9-4/h3-4,10,17H,1-2H3;2,10H,3H2,1H3,(H2,7,8,9). The highest BCUT2D eigenvalue weighted by molar-refractivity contribution is 7.92. The van der Waals surface area contributed by atoms with Gasteiger partial charge in [-0.25, -0.2) is 27.7 Å². The largest absolute Gasteiger partial charge is 0.391 e. The van der Waals surface area contributed by atoms with Gasteiger partial charge in [0.2, 0.25) is 10.0 Å². The van der Waals surface area contributed by atoms with Gasteiger partial charge < -0.3 is 10.8 Å². The van der Waals surface area contributed by atoms with Crippen molar-refractivity contribution < 1.29 is 22.3 Å². The van der Waals surface area contributed by atoms with Gasteiger partial charge in [0.05, 0.1) is 34.3 Å². The molecule has 0 fully saturated rings. The highest BCUT2D eigenvalue weighted by Gasteiger charge is 2.21. The molecule has 0 aliphatic carbocycles. The first-order valence-corrected chi connectivity index (χ1v) is 11.5. The summed E-state index contributed by atoms with van der Waals surface area (Å²) in [6.45, 7) is -0.205. The molecule has 0 aliphatic heterocycles. The van der Waals surface area contributed by atoms with E-state index in [1.807, 2.05) is 0 Å². The first kappa shape index (κ1) is 26.4. The van der Waals surface area contributed by atoms with Crippen molar-refractivity contribution in [1.82, 2.24) is 24.3 Å². The van der Waals surface area contributed by atoms with Crippen molar-refractivity contribution in [3.63, 3.8) is 0 Å². The molecule has 0 aliphatic rings. The molecule has 3 rings (SSSR count). The van der Waals surface area contributed by atoms with Gasteiger partial charge in [-0.15, -0.1) is 5.10 Å². The Kier molecular flexibility index (Phi) is 8.35. The van der Waals surface area contributed by atoms with Gasteiger partial charge in [0.15, 0.2) is 0 Å². The van der Waals surface area contributed by atoms with Crippen molar-refractivity contribution >= 4 is 44.7 Å². The van der Waals surface area contributed by atoms with Crippen LogP contribution in [-0.2, 0) is 16.6 Å². The lowest BCUT2D eigenvalue weighted by atomic mass is 10.3. The zero-order valence-corrected chi connectivity index (χ0v) is 19.8. The number of sulfonamides is 1. The number of hydrogen-bond donors (Lipinski definition) is 3. The fraction of sp³-hybridized carbons (Fsp3) is 0.294. The molecule has 1 aromatic carbocycles. The summed E-state index contributed by atoms with van der Waals surface area (Å²) in [4.78, 5) is 19.7. The third kappa shape index (κ3) is 6.60. The molecule has 0 saturated carbocycles. The first-order valence-electron chi connectivity index (χ1n) is 8.87. The van der Waals surface area contributed by atoms with Gasteiger partial charge in [-0.3, -0.25) is 4.72 Å². The zero-order valence-electron chi connectivity index (χ0n) is 17.4. The fourth-order valence-corrected chi connectivity index (χ4v) is 3.60. The smallest absolute Gasteiger partial charge is 0.355 e. The van der Waals surface area contributed by atoms with E-state index in [0.29, 0.717) is 21.9 Å². The minimum Gasteiger partial charge on any atom is -0.391 e. The molecule has 3 aromatic rings. The minimum atomic E-state index is -3.65. The van der Waals surface area contributed by atoms with E-state index in [9.17, 15) is 22.0 Å². The average molecular weight is 526 g/mol. The minimum absolute atomic E-state index is 0.0257. The zero-order chi connectivity index (χ0) is 25.1. The number of aliphatic hydroxyl groups excluding tert-OH is 1. The Balaban J connectivity index is 0.000000321. The van der Waals surface area contributed by atoms with Crippen LogP contribution in [0, 0.1) is 13.8 Å². The molecular formula is C17H19Cl2F2N7O4S. The molecule has 11 nitrogen and oxygen atoms in total. The van der Waals surface area contributed by atoms with Crippen LogP contribution in [0.3, 0.4) is 0 Å². The van der Waals surface area contributed by atoms with Gasteiger partial charge in [0.1, 0.15) is 17.5 Å². The monoisotopic (exact) mass is 525 g/mol. The van der Waals surface area contributed by atoms with Crippen molar-refractivity contribution in [2.75, 3.05) is 16.7 Å². The molecule has 180 valence electrons. The lowest BCUT2D eigenvalue weighted by Crippen LogP contribution is -2.25. The molecule has 0 spiro atoms. The average Bonchev–Trinajstić information content (AvgIpc) is 2.97. The highest BCUT2D eigenvalue weighted by Crippen LogP contribution is 2.31. The van der Waals surface area contributed by atoms with Crippen molar-refractivity contribution in [3.05, 3.63) is 56.1 Å². The second-order valence-electron chi connectivity index (χ2n) is 6.53. The van der Waals surface area contributed by atoms with E-state index >= 15 is 0 Å². The van der Waals surface area contributed by atoms with E-state index < -0.39 is 22.3 Å². The topological polar surface area (TPSA) is 158 Å². The van der Waals surface area contributed by atoms with Crippen LogP contribution in [0.25, 0.3) is 5.69 Å². The summed E-state index contributed by atoms with van der Waals surface area (Å²) in [6, 6.07) is 2.31. The number of aromatic nitrogens is 5. The Morgan fingerprint density at radius 2 is 1.88 bits per heavy atom. The summed E-state index contributed by atoms with van der Waals surface area (Å²) in [5.74, 6) is 0.748. The first-order chi connectivity index (χ1) is 15.2. The molecule has 2 aromatic heterocycles. The number of rotatable bonds is 5. The second kappa shape index (κ2) is 10.4. The number of halogens is 4. The van der Waals surface area contributed by atoms with E-state index in [0.717, 1.165) is 12.3 Å². The van der Waals surface area contributed by atoms with Gasteiger partial charge >= 0.3 is 12.2 Å². The predicted octanol–water partition coefficient (Wildman–Crippen LogP) is 2.28. The van der Waals surface area contributed by atoms with Crippen LogP contribution in [-0.4, -0.2) is 44.1 Å². The summed E-state index contributed by atoms with van der Waals surface area (Å²) in [7, 11) is -3.65. The number of hydrogen-bond acceptors (Lipinski definition) is 8. The molecule has 0 bridgehead atoms. The second-order valence-corrected chi connectivity index (χ2v) is 9.10. The van der Waals surface area contributed by atoms with Crippen molar-refractivity contribution in [1.29, 1.82) is 0 Å². The fourth-order valence-electron chi connectivity index (χ4n) is 2.47. The Labute approximate surface area is 196 Å². The highest BCUT2D eigenvalue weighted by atomic mass is 35.5. The summed E-state index contributed by atoms with van der Waals surface area (Å²) in [6.07, 6.45) is 2.43. The normalized spacial score (nSPS) is 11.3. The molecule has 0 atom stereocenters. The molecule has 16 heteroatoms. The predicted molar refractivity (Wildman–Crippen MR) is 119 cm³/mol. The summed E-state index contributed by atoms with van der Waals surface area (Å²) < 4.78 is 51.3. The maximum absolute atomic E-state index is 12.8. The van der Waals surface area contributed by atoms with Crippen LogP contribution in [0.5, 0.6) is 0 Å². The summed E-state index contributed by atoms with van der Waals surface area (Å²) in [5, 5.41) is 12.3. The molecule has 33 heavy (non-hydrogen) atoms. The quantitative estimate of drug-likeness (QED) is 0.457. The number of aryl methyl sites for hydroxylation is 2. The number of alkyl halides is 2. The number of aliphatic hydroxyl groups is 1. The van der Waals surface area contributed by atoms with Crippen LogP contribution in [0.15, 0.2) is 23.1 Å². The van der Waals surface area contributed by atoms with Gasteiger partial charge in [-0.05, 0) is 26.0 Å². The van der Waals surface area contributed by atoms with Gasteiger partial charge in [0.25, 0.3) is 0 Å². The van der Waals surface area contributed by atoms with E-state index in [4.69, 9.17) is 34.0 Å². The van der Waals surface area contributed by atoms with Crippen LogP contribution < -0.4 is 16.1 Å². The van der Waals surface area contributed by atoms with Crippen molar-refractivity contribution in [3.8, 4) is 5.69 Å². The number of anilines is 2. The van der Waals surface area contributed by atoms with Crippen molar-refractivity contribution in [2.24, 2.45) is 0 Å². The number of nitrogen functional groups attached to an aromatic ring is 1. The Morgan fingerprint density at radius 3 is 2.36 bits per heavy atom. The van der Waals surface area contributed by atoms with E-state index in [1.165, 1.54) is 19.2 Å². The molecule has 0 saturated heterocycles. The SMILES string of the molecule is Cc1ncc(CO)c(N)n1.Cc1nn(-c2cc(NS(C)(=O)=O)c(Cl)cc2Cl)c(=O)n1C(F)F. The molecule has 2 heterocycles. The van der Waals surface area contributed by atoms with Gasteiger partial charge in [-0.1, -0.05) is 23.2 Å². The van der Waals surface area contributed by atoms with Crippen LogP contribution in [0.2, 0.25) is 10.0 Å². The molecule has 4 N–H and O–H groups in total. The lowest BCUT2D eigenvalue weighted by Gasteiger charge is -2.10. The maximum atomic E-state index is 12.8. The van der Waals surface area contributed by atoms with Gasteiger partial charge in [-0.2, -0.15) is 13.5 Å². The molecule has 0 radical (unpaired) electrons. The third-order valence-corrected chi connectivity index (χ3v) is 5.13. The Morgan fingerprint density at radius 1 is 1.24 bits per heavy atom. The Bertz CT molecular complexity index is 1330. The van der Waals surface area contributed by atoms with Crippen LogP contribution >= 0.6 is 23.2 Å².